The molecule has 1 saturated heterocycles. The van der Waals surface area contributed by atoms with Gasteiger partial charge in [-0.1, -0.05) is 23.7 Å². The lowest BCUT2D eigenvalue weighted by Crippen LogP contribution is -2.33. The quantitative estimate of drug-likeness (QED) is 0.727. The van der Waals surface area contributed by atoms with Gasteiger partial charge in [0.2, 0.25) is 0 Å². The summed E-state index contributed by atoms with van der Waals surface area (Å²) >= 11 is 6.04. The number of nitrogens with zero attached hydrogens (tertiary/aromatic N) is 4. The van der Waals surface area contributed by atoms with E-state index in [1.807, 2.05) is 44.3 Å². The van der Waals surface area contributed by atoms with Crippen molar-refractivity contribution in [2.75, 3.05) is 13.1 Å². The van der Waals surface area contributed by atoms with Crippen LogP contribution in [0.15, 0.2) is 30.5 Å². The Morgan fingerprint density at radius 2 is 2.04 bits per heavy atom. The second kappa shape index (κ2) is 6.55. The van der Waals surface area contributed by atoms with Crippen molar-refractivity contribution < 1.29 is 5.11 Å². The minimum atomic E-state index is -1.01. The molecule has 2 aliphatic rings. The van der Waals surface area contributed by atoms with Gasteiger partial charge in [0.15, 0.2) is 0 Å². The fourth-order valence-corrected chi connectivity index (χ4v) is 5.09. The summed E-state index contributed by atoms with van der Waals surface area (Å²) in [5.41, 5.74) is 4.61. The van der Waals surface area contributed by atoms with Gasteiger partial charge in [-0.25, -0.2) is 9.97 Å². The lowest BCUT2D eigenvalue weighted by atomic mass is 9.95. The van der Waals surface area contributed by atoms with Crippen LogP contribution in [0.2, 0.25) is 5.02 Å². The molecule has 3 aromatic rings. The number of benzene rings is 1. The van der Waals surface area contributed by atoms with Crippen molar-refractivity contribution in [1.82, 2.24) is 19.4 Å². The molecule has 28 heavy (non-hydrogen) atoms. The van der Waals surface area contributed by atoms with Crippen molar-refractivity contribution in [2.45, 2.75) is 51.3 Å². The third-order valence-corrected chi connectivity index (χ3v) is 6.59. The number of halogens is 1. The SMILES string of the molecule is Cc1ncc2c(n1)c1c(n2CC(C)(O)c2ccc(Cl)cc2)CCN2CCCC12. The van der Waals surface area contributed by atoms with E-state index in [1.54, 1.807) is 0 Å². The van der Waals surface area contributed by atoms with Crippen molar-refractivity contribution in [3.8, 4) is 0 Å². The number of hydrogen-bond acceptors (Lipinski definition) is 4. The fourth-order valence-electron chi connectivity index (χ4n) is 4.97. The summed E-state index contributed by atoms with van der Waals surface area (Å²) in [6.45, 7) is 6.53. The van der Waals surface area contributed by atoms with Crippen LogP contribution in [0, 0.1) is 6.92 Å². The van der Waals surface area contributed by atoms with Crippen LogP contribution in [-0.4, -0.2) is 37.6 Å². The van der Waals surface area contributed by atoms with E-state index in [0.29, 0.717) is 17.6 Å². The lowest BCUT2D eigenvalue weighted by Gasteiger charge is -2.32. The first-order chi connectivity index (χ1) is 13.4. The van der Waals surface area contributed by atoms with Crippen molar-refractivity contribution >= 4 is 22.6 Å². The van der Waals surface area contributed by atoms with E-state index < -0.39 is 5.60 Å². The number of rotatable bonds is 3. The second-order valence-electron chi connectivity index (χ2n) is 8.32. The predicted octanol–water partition coefficient (Wildman–Crippen LogP) is 3.99. The molecule has 1 aromatic carbocycles. The smallest absolute Gasteiger partial charge is 0.126 e. The molecule has 2 aromatic heterocycles. The van der Waals surface area contributed by atoms with Crippen LogP contribution in [0.25, 0.3) is 11.0 Å². The van der Waals surface area contributed by atoms with Crippen LogP contribution in [-0.2, 0) is 18.6 Å². The first-order valence-electron chi connectivity index (χ1n) is 10.0. The van der Waals surface area contributed by atoms with Gasteiger partial charge in [-0.05, 0) is 50.9 Å². The number of fused-ring (bicyclic) bond motifs is 5. The Hall–Kier alpha value is -1.95. The van der Waals surface area contributed by atoms with Gasteiger partial charge in [-0.15, -0.1) is 0 Å². The molecule has 1 fully saturated rings. The van der Waals surface area contributed by atoms with Crippen molar-refractivity contribution in [1.29, 1.82) is 0 Å². The zero-order valence-electron chi connectivity index (χ0n) is 16.3. The second-order valence-corrected chi connectivity index (χ2v) is 8.76. The molecular weight excluding hydrogens is 372 g/mol. The van der Waals surface area contributed by atoms with Gasteiger partial charge in [0.05, 0.1) is 23.8 Å². The molecule has 2 aliphatic heterocycles. The van der Waals surface area contributed by atoms with Crippen LogP contribution in [0.1, 0.15) is 48.5 Å². The van der Waals surface area contributed by atoms with Gasteiger partial charge in [0.1, 0.15) is 11.4 Å². The van der Waals surface area contributed by atoms with Crippen LogP contribution < -0.4 is 0 Å². The Bertz CT molecular complexity index is 1040. The summed E-state index contributed by atoms with van der Waals surface area (Å²) in [5, 5.41) is 12.0. The molecule has 0 saturated carbocycles. The van der Waals surface area contributed by atoms with Gasteiger partial charge < -0.3 is 9.67 Å². The number of hydrogen-bond donors (Lipinski definition) is 1. The summed E-state index contributed by atoms with van der Waals surface area (Å²) in [4.78, 5) is 11.9. The molecule has 1 N–H and O–H groups in total. The van der Waals surface area contributed by atoms with Crippen LogP contribution >= 0.6 is 11.6 Å². The van der Waals surface area contributed by atoms with Gasteiger partial charge in [-0.3, -0.25) is 4.90 Å². The van der Waals surface area contributed by atoms with Gasteiger partial charge >= 0.3 is 0 Å². The molecule has 0 radical (unpaired) electrons. The van der Waals surface area contributed by atoms with Gasteiger partial charge in [-0.2, -0.15) is 0 Å². The molecule has 2 atom stereocenters. The Morgan fingerprint density at radius 1 is 1.25 bits per heavy atom. The summed E-state index contributed by atoms with van der Waals surface area (Å²) < 4.78 is 2.26. The number of aliphatic hydroxyl groups is 1. The van der Waals surface area contributed by atoms with E-state index in [9.17, 15) is 5.11 Å². The Balaban J connectivity index is 1.65. The zero-order valence-corrected chi connectivity index (χ0v) is 17.1. The third kappa shape index (κ3) is 2.84. The average Bonchev–Trinajstić information content (AvgIpc) is 3.25. The maximum Gasteiger partial charge on any atom is 0.126 e. The van der Waals surface area contributed by atoms with Crippen molar-refractivity contribution in [3.05, 3.63) is 58.1 Å². The predicted molar refractivity (Wildman–Crippen MR) is 111 cm³/mol. The molecular formula is C22H25ClN4O. The molecule has 5 nitrogen and oxygen atoms in total. The molecule has 4 heterocycles. The largest absolute Gasteiger partial charge is 0.384 e. The highest BCUT2D eigenvalue weighted by molar-refractivity contribution is 6.30. The van der Waals surface area contributed by atoms with Gasteiger partial charge in [0, 0.05) is 35.3 Å². The average molecular weight is 397 g/mol. The maximum atomic E-state index is 11.3. The topological polar surface area (TPSA) is 54.2 Å². The van der Waals surface area contributed by atoms with Crippen LogP contribution in [0.5, 0.6) is 0 Å². The lowest BCUT2D eigenvalue weighted by molar-refractivity contribution is 0.0383. The molecule has 6 heteroatoms. The van der Waals surface area contributed by atoms with E-state index in [-0.39, 0.29) is 0 Å². The zero-order chi connectivity index (χ0) is 19.5. The number of aromatic nitrogens is 3. The minimum absolute atomic E-state index is 0.447. The number of aryl methyl sites for hydroxylation is 1. The van der Waals surface area contributed by atoms with E-state index in [1.165, 1.54) is 30.6 Å². The molecule has 5 rings (SSSR count). The van der Waals surface area contributed by atoms with E-state index >= 15 is 0 Å². The summed E-state index contributed by atoms with van der Waals surface area (Å²) in [6, 6.07) is 7.91. The molecule has 0 amide bonds. The van der Waals surface area contributed by atoms with E-state index in [4.69, 9.17) is 16.6 Å². The van der Waals surface area contributed by atoms with Crippen LogP contribution in [0.3, 0.4) is 0 Å². The van der Waals surface area contributed by atoms with Crippen molar-refractivity contribution in [2.24, 2.45) is 0 Å². The molecule has 2 unspecified atom stereocenters. The van der Waals surface area contributed by atoms with Crippen molar-refractivity contribution in [3.63, 3.8) is 0 Å². The highest BCUT2D eigenvalue weighted by Crippen LogP contribution is 2.43. The standard InChI is InChI=1S/C22H25ClN4O/c1-14-24-12-19-21(25-14)20-17-4-3-10-26(17)11-9-18(20)27(19)13-22(2,28)15-5-7-16(23)8-6-15/h5-8,12,17,28H,3-4,9-11,13H2,1-2H3. The first kappa shape index (κ1) is 18.1. The van der Waals surface area contributed by atoms with Crippen LogP contribution in [0.4, 0.5) is 0 Å². The summed E-state index contributed by atoms with van der Waals surface area (Å²) in [5.74, 6) is 0.798. The third-order valence-electron chi connectivity index (χ3n) is 6.34. The molecule has 0 aliphatic carbocycles. The normalized spacial score (nSPS) is 21.5. The minimum Gasteiger partial charge on any atom is -0.384 e. The Labute approximate surface area is 170 Å². The highest BCUT2D eigenvalue weighted by atomic mass is 35.5. The fraction of sp³-hybridized carbons (Fsp3) is 0.455. The monoisotopic (exact) mass is 396 g/mol. The summed E-state index contributed by atoms with van der Waals surface area (Å²) in [7, 11) is 0. The molecule has 0 spiro atoms. The Kier molecular flexibility index (Phi) is 4.23. The maximum absolute atomic E-state index is 11.3. The Morgan fingerprint density at radius 3 is 2.82 bits per heavy atom. The van der Waals surface area contributed by atoms with E-state index in [0.717, 1.165) is 35.4 Å². The van der Waals surface area contributed by atoms with E-state index in [2.05, 4.69) is 14.5 Å². The summed E-state index contributed by atoms with van der Waals surface area (Å²) in [6.07, 6.45) is 5.33. The van der Waals surface area contributed by atoms with Gasteiger partial charge in [0.25, 0.3) is 0 Å². The molecule has 0 bridgehead atoms. The molecule has 146 valence electrons. The first-order valence-corrected chi connectivity index (χ1v) is 10.4. The highest BCUT2D eigenvalue weighted by Gasteiger charge is 2.37.